The fraction of sp³-hybridized carbons (Fsp3) is 0.300. The summed E-state index contributed by atoms with van der Waals surface area (Å²) in [5.74, 6) is -2.97. The zero-order chi connectivity index (χ0) is 25.0. The Kier molecular flexibility index (Phi) is 8.06. The van der Waals surface area contributed by atoms with Crippen LogP contribution in [0.5, 0.6) is 17.2 Å². The third-order valence-corrected chi connectivity index (χ3v) is 4.16. The Morgan fingerprint density at radius 1 is 1.00 bits per heavy atom. The molecule has 2 aromatic rings. The van der Waals surface area contributed by atoms with Crippen LogP contribution in [-0.4, -0.2) is 37.9 Å². The number of carbonyl (C=O) groups is 2. The molecule has 6 nitrogen and oxygen atoms in total. The van der Waals surface area contributed by atoms with Gasteiger partial charge >= 0.3 is 24.3 Å². The summed E-state index contributed by atoms with van der Waals surface area (Å²) in [4.78, 5) is 23.7. The molecule has 0 radical (unpaired) electrons. The summed E-state index contributed by atoms with van der Waals surface area (Å²) < 4.78 is 94.9. The molecule has 0 amide bonds. The smallest absolute Gasteiger partial charge is 0.422 e. The topological polar surface area (TPSA) is 71.1 Å². The lowest BCUT2D eigenvalue weighted by atomic mass is 10.2. The first-order chi connectivity index (χ1) is 15.2. The van der Waals surface area contributed by atoms with Crippen LogP contribution in [0, 0.1) is 0 Å². The van der Waals surface area contributed by atoms with Crippen molar-refractivity contribution in [1.29, 1.82) is 0 Å². The maximum absolute atomic E-state index is 12.8. The fourth-order valence-corrected chi connectivity index (χ4v) is 2.57. The summed E-state index contributed by atoms with van der Waals surface area (Å²) >= 11 is 5.84. The maximum atomic E-state index is 12.8. The number of rotatable bonds is 7. The molecule has 0 saturated carbocycles. The van der Waals surface area contributed by atoms with E-state index in [4.69, 9.17) is 21.1 Å². The minimum absolute atomic E-state index is 0.115. The van der Waals surface area contributed by atoms with Crippen LogP contribution in [0.2, 0.25) is 5.02 Å². The van der Waals surface area contributed by atoms with Crippen LogP contribution in [-0.2, 0) is 20.4 Å². The van der Waals surface area contributed by atoms with Gasteiger partial charge in [-0.05, 0) is 37.3 Å². The van der Waals surface area contributed by atoms with Crippen molar-refractivity contribution in [1.82, 2.24) is 0 Å². The van der Waals surface area contributed by atoms with Gasteiger partial charge in [0.2, 0.25) is 0 Å². The first kappa shape index (κ1) is 26.1. The van der Waals surface area contributed by atoms with Crippen LogP contribution in [0.4, 0.5) is 26.3 Å². The molecule has 1 unspecified atom stereocenters. The molecule has 0 N–H and O–H groups in total. The van der Waals surface area contributed by atoms with Gasteiger partial charge in [-0.3, -0.25) is 0 Å². The van der Waals surface area contributed by atoms with Crippen LogP contribution in [0.15, 0.2) is 36.4 Å². The lowest BCUT2D eigenvalue weighted by molar-refractivity contribution is -0.161. The zero-order valence-electron chi connectivity index (χ0n) is 16.8. The third kappa shape index (κ3) is 7.45. The van der Waals surface area contributed by atoms with Crippen LogP contribution in [0.3, 0.4) is 0 Å². The van der Waals surface area contributed by atoms with E-state index in [1.54, 1.807) is 0 Å². The maximum Gasteiger partial charge on any atom is 0.422 e. The highest BCUT2D eigenvalue weighted by Crippen LogP contribution is 2.37. The largest absolute Gasteiger partial charge is 0.478 e. The highest BCUT2D eigenvalue weighted by atomic mass is 35.5. The van der Waals surface area contributed by atoms with Gasteiger partial charge < -0.3 is 18.9 Å². The number of hydrogen-bond acceptors (Lipinski definition) is 6. The highest BCUT2D eigenvalue weighted by Gasteiger charge is 2.32. The molecule has 0 aliphatic heterocycles. The van der Waals surface area contributed by atoms with Crippen molar-refractivity contribution in [3.63, 3.8) is 0 Å². The number of halogens is 7. The van der Waals surface area contributed by atoms with E-state index in [-0.39, 0.29) is 16.5 Å². The van der Waals surface area contributed by atoms with Crippen LogP contribution >= 0.6 is 11.6 Å². The zero-order valence-corrected chi connectivity index (χ0v) is 17.6. The fourth-order valence-electron chi connectivity index (χ4n) is 2.35. The second-order valence-corrected chi connectivity index (χ2v) is 6.78. The van der Waals surface area contributed by atoms with Crippen molar-refractivity contribution in [2.45, 2.75) is 25.4 Å². The number of methoxy groups -OCH3 is 1. The third-order valence-electron chi connectivity index (χ3n) is 3.86. The molecule has 0 bridgehead atoms. The van der Waals surface area contributed by atoms with Crippen molar-refractivity contribution in [3.05, 3.63) is 52.5 Å². The van der Waals surface area contributed by atoms with E-state index in [0.717, 1.165) is 37.4 Å². The van der Waals surface area contributed by atoms with Gasteiger partial charge in [0.05, 0.1) is 17.7 Å². The Labute approximate surface area is 187 Å². The molecule has 13 heteroatoms. The monoisotopic (exact) mass is 500 g/mol. The van der Waals surface area contributed by atoms with Gasteiger partial charge in [-0.1, -0.05) is 11.6 Å². The lowest BCUT2D eigenvalue weighted by Gasteiger charge is -2.17. The average molecular weight is 501 g/mol. The Morgan fingerprint density at radius 2 is 1.67 bits per heavy atom. The predicted octanol–water partition coefficient (Wildman–Crippen LogP) is 5.81. The molecular weight excluding hydrogens is 486 g/mol. The van der Waals surface area contributed by atoms with Crippen LogP contribution < -0.4 is 9.47 Å². The van der Waals surface area contributed by atoms with Crippen LogP contribution in [0.1, 0.15) is 22.8 Å². The van der Waals surface area contributed by atoms with E-state index in [2.05, 4.69) is 9.47 Å². The summed E-state index contributed by atoms with van der Waals surface area (Å²) in [5.41, 5.74) is -1.49. The van der Waals surface area contributed by atoms with Gasteiger partial charge in [0, 0.05) is 6.07 Å². The molecule has 180 valence electrons. The number of esters is 2. The summed E-state index contributed by atoms with van der Waals surface area (Å²) in [5, 5.41) is -0.385. The van der Waals surface area contributed by atoms with Gasteiger partial charge in [0.1, 0.15) is 22.8 Å². The number of hydrogen-bond donors (Lipinski definition) is 0. The molecule has 0 aromatic heterocycles. The molecule has 33 heavy (non-hydrogen) atoms. The molecule has 0 heterocycles. The Bertz CT molecular complexity index is 1020. The molecule has 1 atom stereocenters. The molecular formula is C20H15ClF6O6. The van der Waals surface area contributed by atoms with Crippen molar-refractivity contribution >= 4 is 23.5 Å². The first-order valence-corrected chi connectivity index (χ1v) is 9.26. The Balaban J connectivity index is 2.36. The van der Waals surface area contributed by atoms with E-state index in [1.165, 1.54) is 6.92 Å². The van der Waals surface area contributed by atoms with Crippen molar-refractivity contribution in [2.24, 2.45) is 0 Å². The second kappa shape index (κ2) is 10.2. The summed E-state index contributed by atoms with van der Waals surface area (Å²) in [6.07, 6.45) is -10.7. The SMILES string of the molecule is COC(=O)C(C)Oc1cc(Oc2ccc(C(F)(F)F)cc2Cl)ccc1C(=O)OCC(F)(F)F. The van der Waals surface area contributed by atoms with Gasteiger partial charge in [-0.15, -0.1) is 0 Å². The van der Waals surface area contributed by atoms with Crippen molar-refractivity contribution < 1.29 is 54.9 Å². The number of ether oxygens (including phenoxy) is 4. The van der Waals surface area contributed by atoms with Crippen molar-refractivity contribution in [2.75, 3.05) is 13.7 Å². The molecule has 0 fully saturated rings. The number of benzene rings is 2. The summed E-state index contributed by atoms with van der Waals surface area (Å²) in [6, 6.07) is 5.45. The van der Waals surface area contributed by atoms with Gasteiger partial charge in [0.25, 0.3) is 0 Å². The van der Waals surface area contributed by atoms with Gasteiger partial charge in [0.15, 0.2) is 12.7 Å². The Morgan fingerprint density at radius 3 is 2.21 bits per heavy atom. The highest BCUT2D eigenvalue weighted by molar-refractivity contribution is 6.32. The van der Waals surface area contributed by atoms with Crippen LogP contribution in [0.25, 0.3) is 0 Å². The first-order valence-electron chi connectivity index (χ1n) is 8.88. The van der Waals surface area contributed by atoms with E-state index < -0.39 is 53.9 Å². The summed E-state index contributed by atoms with van der Waals surface area (Å²) in [7, 11) is 1.06. The normalized spacial score (nSPS) is 12.6. The minimum Gasteiger partial charge on any atom is -0.478 e. The van der Waals surface area contributed by atoms with E-state index >= 15 is 0 Å². The quantitative estimate of drug-likeness (QED) is 0.353. The molecule has 2 aromatic carbocycles. The lowest BCUT2D eigenvalue weighted by Crippen LogP contribution is -2.26. The molecule has 0 aliphatic carbocycles. The molecule has 0 saturated heterocycles. The van der Waals surface area contributed by atoms with Gasteiger partial charge in [-0.25, -0.2) is 9.59 Å². The van der Waals surface area contributed by atoms with E-state index in [0.29, 0.717) is 6.07 Å². The minimum atomic E-state index is -4.78. The number of carbonyl (C=O) groups excluding carboxylic acids is 2. The molecule has 2 rings (SSSR count). The van der Waals surface area contributed by atoms with E-state index in [1.807, 2.05) is 0 Å². The standard InChI is InChI=1S/C20H15ClF6O6/c1-10(17(28)30-2)32-16-8-12(4-5-13(16)18(29)31-9-19(22,23)24)33-15-6-3-11(7-14(15)21)20(25,26)27/h3-8,10H,9H2,1-2H3. The Hall–Kier alpha value is -3.15. The van der Waals surface area contributed by atoms with E-state index in [9.17, 15) is 35.9 Å². The predicted molar refractivity (Wildman–Crippen MR) is 101 cm³/mol. The number of alkyl halides is 6. The van der Waals surface area contributed by atoms with Gasteiger partial charge in [-0.2, -0.15) is 26.3 Å². The average Bonchev–Trinajstić information content (AvgIpc) is 2.71. The molecule has 0 aliphatic rings. The molecule has 0 spiro atoms. The summed E-state index contributed by atoms with van der Waals surface area (Å²) in [6.45, 7) is -0.617. The van der Waals surface area contributed by atoms with Crippen molar-refractivity contribution in [3.8, 4) is 17.2 Å². The second-order valence-electron chi connectivity index (χ2n) is 6.38.